The summed E-state index contributed by atoms with van der Waals surface area (Å²) in [6.07, 6.45) is 4.10. The highest BCUT2D eigenvalue weighted by Crippen LogP contribution is 2.49. The van der Waals surface area contributed by atoms with Gasteiger partial charge in [0, 0.05) is 31.3 Å². The van der Waals surface area contributed by atoms with Crippen LogP contribution in [0.25, 0.3) is 0 Å². The van der Waals surface area contributed by atoms with E-state index in [1.807, 2.05) is 0 Å². The summed E-state index contributed by atoms with van der Waals surface area (Å²) in [7, 11) is -1.42. The summed E-state index contributed by atoms with van der Waals surface area (Å²) in [4.78, 5) is 14.7. The van der Waals surface area contributed by atoms with Gasteiger partial charge in [-0.25, -0.2) is 12.8 Å². The van der Waals surface area contributed by atoms with Crippen molar-refractivity contribution >= 4 is 15.7 Å². The van der Waals surface area contributed by atoms with Crippen LogP contribution in [0.1, 0.15) is 29.5 Å². The fraction of sp³-hybridized carbons (Fsp3) is 0.444. The van der Waals surface area contributed by atoms with E-state index in [4.69, 9.17) is 0 Å². The molecule has 0 spiro atoms. The van der Waals surface area contributed by atoms with E-state index in [-0.39, 0.29) is 41.6 Å². The molecule has 0 bridgehead atoms. The van der Waals surface area contributed by atoms with Gasteiger partial charge in [-0.05, 0) is 30.0 Å². The van der Waals surface area contributed by atoms with Gasteiger partial charge in [0.15, 0.2) is 9.84 Å². The molecular weight excluding hydrogens is 357 g/mol. The summed E-state index contributed by atoms with van der Waals surface area (Å²) in [5.74, 6) is -0.489. The van der Waals surface area contributed by atoms with Gasteiger partial charge in [0.2, 0.25) is 5.91 Å². The predicted molar refractivity (Wildman–Crippen MR) is 93.6 cm³/mol. The Bertz CT molecular complexity index is 939. The monoisotopic (exact) mass is 377 g/mol. The molecule has 2 heterocycles. The molecule has 2 aromatic rings. The van der Waals surface area contributed by atoms with Crippen LogP contribution >= 0.6 is 0 Å². The third-order valence-corrected chi connectivity index (χ3v) is 6.86. The van der Waals surface area contributed by atoms with Crippen LogP contribution < -0.4 is 0 Å². The number of carbonyl (C=O) groups is 1. The Morgan fingerprint density at radius 3 is 2.62 bits per heavy atom. The molecule has 6 nitrogen and oxygen atoms in total. The minimum atomic E-state index is -3.19. The molecule has 1 amide bonds. The first kappa shape index (κ1) is 17.2. The van der Waals surface area contributed by atoms with Gasteiger partial charge in [0.25, 0.3) is 0 Å². The number of aromatic nitrogens is 2. The number of hydrogen-bond acceptors (Lipinski definition) is 4. The summed E-state index contributed by atoms with van der Waals surface area (Å²) in [5, 5.41) is 4.11. The van der Waals surface area contributed by atoms with Crippen LogP contribution in [0.3, 0.4) is 0 Å². The minimum absolute atomic E-state index is 0.0105. The van der Waals surface area contributed by atoms with E-state index in [9.17, 15) is 17.6 Å². The molecule has 3 atom stereocenters. The van der Waals surface area contributed by atoms with E-state index in [1.165, 1.54) is 12.1 Å². The van der Waals surface area contributed by atoms with Crippen molar-refractivity contribution in [2.24, 2.45) is 13.0 Å². The molecule has 1 saturated heterocycles. The predicted octanol–water partition coefficient (Wildman–Crippen LogP) is 1.66. The van der Waals surface area contributed by atoms with Crippen molar-refractivity contribution in [3.05, 3.63) is 53.6 Å². The van der Waals surface area contributed by atoms with Crippen LogP contribution in [0.15, 0.2) is 36.7 Å². The topological polar surface area (TPSA) is 72.3 Å². The first-order valence-corrected chi connectivity index (χ1v) is 10.4. The van der Waals surface area contributed by atoms with E-state index in [0.29, 0.717) is 6.42 Å². The number of benzene rings is 1. The van der Waals surface area contributed by atoms with E-state index < -0.39 is 15.9 Å². The van der Waals surface area contributed by atoms with Gasteiger partial charge in [-0.2, -0.15) is 5.10 Å². The van der Waals surface area contributed by atoms with Gasteiger partial charge >= 0.3 is 0 Å². The number of nitrogens with zero attached hydrogens (tertiary/aromatic N) is 3. The van der Waals surface area contributed by atoms with Gasteiger partial charge in [0.1, 0.15) is 5.82 Å². The highest BCUT2D eigenvalue weighted by atomic mass is 32.2. The first-order valence-electron chi connectivity index (χ1n) is 8.59. The second-order valence-electron chi connectivity index (χ2n) is 7.11. The standard InChI is InChI=1S/C18H20FN3O3S/c1-21-10-13(9-20-21)17-11-26(24,25)7-6-22(17)18(23)16-8-15(16)12-2-4-14(19)5-3-12/h2-5,9-10,15-17H,6-8,11H2,1H3/t15-,16-,17+/m1/s1. The number of sulfone groups is 1. The SMILES string of the molecule is Cn1cc([C@@H]2CS(=O)(=O)CCN2C(=O)[C@@H]2C[C@@H]2c2ccc(F)cc2)cn1. The normalized spacial score (nSPS) is 27.3. The zero-order valence-electron chi connectivity index (χ0n) is 14.4. The maximum Gasteiger partial charge on any atom is 0.226 e. The molecule has 0 unspecified atom stereocenters. The van der Waals surface area contributed by atoms with E-state index in [0.717, 1.165) is 11.1 Å². The molecule has 1 aromatic carbocycles. The van der Waals surface area contributed by atoms with Gasteiger partial charge in [-0.3, -0.25) is 9.48 Å². The maximum absolute atomic E-state index is 13.1. The zero-order valence-corrected chi connectivity index (χ0v) is 15.2. The molecular formula is C18H20FN3O3S. The highest BCUT2D eigenvalue weighted by Gasteiger charge is 2.48. The molecule has 1 aromatic heterocycles. The summed E-state index contributed by atoms with van der Waals surface area (Å²) >= 11 is 0. The lowest BCUT2D eigenvalue weighted by Crippen LogP contribution is -2.46. The van der Waals surface area contributed by atoms with E-state index in [1.54, 1.807) is 41.2 Å². The third-order valence-electron chi connectivity index (χ3n) is 5.23. The van der Waals surface area contributed by atoms with Gasteiger partial charge in [-0.15, -0.1) is 0 Å². The van der Waals surface area contributed by atoms with E-state index >= 15 is 0 Å². The molecule has 26 heavy (non-hydrogen) atoms. The van der Waals surface area contributed by atoms with Crippen molar-refractivity contribution in [1.82, 2.24) is 14.7 Å². The summed E-state index contributed by atoms with van der Waals surface area (Å²) < 4.78 is 38.9. The summed E-state index contributed by atoms with van der Waals surface area (Å²) in [6, 6.07) is 5.74. The van der Waals surface area contributed by atoms with Crippen LogP contribution in [-0.4, -0.2) is 47.1 Å². The Morgan fingerprint density at radius 2 is 1.96 bits per heavy atom. The number of hydrogen-bond donors (Lipinski definition) is 0. The summed E-state index contributed by atoms with van der Waals surface area (Å²) in [6.45, 7) is 0.202. The lowest BCUT2D eigenvalue weighted by molar-refractivity contribution is -0.134. The second kappa shape index (κ2) is 6.19. The van der Waals surface area contributed by atoms with Crippen LogP contribution in [0.4, 0.5) is 4.39 Å². The average Bonchev–Trinajstić information content (AvgIpc) is 3.28. The number of halogens is 1. The maximum atomic E-state index is 13.1. The Labute approximate surface area is 151 Å². The molecule has 0 N–H and O–H groups in total. The molecule has 1 aliphatic heterocycles. The number of amides is 1. The van der Waals surface area contributed by atoms with E-state index in [2.05, 4.69) is 5.10 Å². The molecule has 138 valence electrons. The third kappa shape index (κ3) is 3.25. The number of rotatable bonds is 3. The van der Waals surface area contributed by atoms with Crippen LogP contribution in [0, 0.1) is 11.7 Å². The fourth-order valence-corrected chi connectivity index (χ4v) is 5.21. The quantitative estimate of drug-likeness (QED) is 0.816. The lowest BCUT2D eigenvalue weighted by atomic mass is 10.1. The van der Waals surface area contributed by atoms with Gasteiger partial charge < -0.3 is 4.90 Å². The Morgan fingerprint density at radius 1 is 1.23 bits per heavy atom. The Hall–Kier alpha value is -2.22. The molecule has 0 radical (unpaired) electrons. The van der Waals surface area contributed by atoms with Crippen LogP contribution in [0.2, 0.25) is 0 Å². The van der Waals surface area contributed by atoms with Gasteiger partial charge in [-0.1, -0.05) is 12.1 Å². The smallest absolute Gasteiger partial charge is 0.226 e. The van der Waals surface area contributed by atoms with Crippen molar-refractivity contribution < 1.29 is 17.6 Å². The van der Waals surface area contributed by atoms with Crippen molar-refractivity contribution in [3.8, 4) is 0 Å². The minimum Gasteiger partial charge on any atom is -0.333 e. The van der Waals surface area contributed by atoms with Gasteiger partial charge in [0.05, 0.1) is 23.7 Å². The Balaban J connectivity index is 1.55. The molecule has 1 saturated carbocycles. The van der Waals surface area contributed by atoms with Crippen molar-refractivity contribution in [2.75, 3.05) is 18.1 Å². The molecule has 1 aliphatic carbocycles. The molecule has 2 fully saturated rings. The zero-order chi connectivity index (χ0) is 18.5. The van der Waals surface area contributed by atoms with Crippen molar-refractivity contribution in [1.29, 1.82) is 0 Å². The number of aryl methyl sites for hydroxylation is 1. The molecule has 2 aliphatic rings. The average molecular weight is 377 g/mol. The number of carbonyl (C=O) groups excluding carboxylic acids is 1. The van der Waals surface area contributed by atoms with Crippen LogP contribution in [0.5, 0.6) is 0 Å². The van der Waals surface area contributed by atoms with Crippen molar-refractivity contribution in [3.63, 3.8) is 0 Å². The lowest BCUT2D eigenvalue weighted by Gasteiger charge is -2.35. The first-order chi connectivity index (χ1) is 12.3. The fourth-order valence-electron chi connectivity index (χ4n) is 3.72. The molecule has 4 rings (SSSR count). The second-order valence-corrected chi connectivity index (χ2v) is 9.34. The highest BCUT2D eigenvalue weighted by molar-refractivity contribution is 7.91. The largest absolute Gasteiger partial charge is 0.333 e. The van der Waals surface area contributed by atoms with Crippen molar-refractivity contribution in [2.45, 2.75) is 18.4 Å². The Kier molecular flexibility index (Phi) is 4.10. The van der Waals surface area contributed by atoms with Crippen LogP contribution in [-0.2, 0) is 21.7 Å². The molecule has 8 heteroatoms. The summed E-state index contributed by atoms with van der Waals surface area (Å²) in [5.41, 5.74) is 1.69.